The van der Waals surface area contributed by atoms with Crippen LogP contribution in [0.3, 0.4) is 0 Å². The Balaban J connectivity index is 1.70. The fourth-order valence-electron chi connectivity index (χ4n) is 2.66. The van der Waals surface area contributed by atoms with Gasteiger partial charge in [0.25, 0.3) is 5.91 Å². The van der Waals surface area contributed by atoms with E-state index < -0.39 is 11.9 Å². The minimum absolute atomic E-state index is 0.195. The molecule has 0 atom stereocenters. The number of urea groups is 1. The summed E-state index contributed by atoms with van der Waals surface area (Å²) in [6.07, 6.45) is 2.54. The molecule has 1 saturated heterocycles. The number of anilines is 1. The summed E-state index contributed by atoms with van der Waals surface area (Å²) in [6, 6.07) is 9.33. The lowest BCUT2D eigenvalue weighted by Crippen LogP contribution is -2.46. The molecular formula is C21H19Cl2N3O4S2. The van der Waals surface area contributed by atoms with Gasteiger partial charge in [0.15, 0.2) is 15.8 Å². The molecule has 32 heavy (non-hydrogen) atoms. The lowest BCUT2D eigenvalue weighted by Gasteiger charge is -2.16. The van der Waals surface area contributed by atoms with Gasteiger partial charge >= 0.3 is 6.03 Å². The molecule has 168 valence electrons. The van der Waals surface area contributed by atoms with Gasteiger partial charge in [-0.15, -0.1) is 0 Å². The number of carbonyl (C=O) groups is 2. The van der Waals surface area contributed by atoms with Crippen LogP contribution in [0.4, 0.5) is 10.5 Å². The molecule has 1 fully saturated rings. The van der Waals surface area contributed by atoms with E-state index in [1.165, 1.54) is 6.07 Å². The maximum absolute atomic E-state index is 12.8. The van der Waals surface area contributed by atoms with Gasteiger partial charge in [0.05, 0.1) is 28.7 Å². The Bertz CT molecular complexity index is 1090. The zero-order valence-electron chi connectivity index (χ0n) is 17.1. The number of halogens is 2. The molecule has 0 saturated carbocycles. The summed E-state index contributed by atoms with van der Waals surface area (Å²) in [6.45, 7) is 2.59. The highest BCUT2D eigenvalue weighted by Gasteiger charge is 2.33. The largest absolute Gasteiger partial charge is 0.493 e. The van der Waals surface area contributed by atoms with Crippen molar-refractivity contribution in [2.45, 2.75) is 13.3 Å². The van der Waals surface area contributed by atoms with Crippen molar-refractivity contribution in [1.82, 2.24) is 10.4 Å². The molecule has 3 rings (SSSR count). The summed E-state index contributed by atoms with van der Waals surface area (Å²) < 4.78 is 11.2. The molecule has 2 aromatic rings. The lowest BCUT2D eigenvalue weighted by atomic mass is 10.2. The first-order valence-corrected chi connectivity index (χ1v) is 11.4. The Kier molecular flexibility index (Phi) is 8.25. The van der Waals surface area contributed by atoms with Crippen molar-refractivity contribution < 1.29 is 19.1 Å². The minimum atomic E-state index is -0.653. The number of amides is 3. The molecule has 0 aliphatic carbocycles. The number of thiocarbonyl (C=S) groups is 1. The van der Waals surface area contributed by atoms with E-state index in [1.807, 2.05) is 13.0 Å². The van der Waals surface area contributed by atoms with Crippen molar-refractivity contribution in [3.63, 3.8) is 0 Å². The number of ether oxygens (including phenoxy) is 2. The van der Waals surface area contributed by atoms with Crippen LogP contribution in [0.25, 0.3) is 6.08 Å². The Morgan fingerprint density at radius 2 is 1.97 bits per heavy atom. The van der Waals surface area contributed by atoms with Crippen molar-refractivity contribution >= 4 is 75.2 Å². The summed E-state index contributed by atoms with van der Waals surface area (Å²) >= 11 is 18.1. The zero-order valence-corrected chi connectivity index (χ0v) is 20.3. The first-order valence-electron chi connectivity index (χ1n) is 9.44. The van der Waals surface area contributed by atoms with Crippen LogP contribution in [0.5, 0.6) is 11.5 Å². The average Bonchev–Trinajstić information content (AvgIpc) is 3.02. The maximum atomic E-state index is 12.8. The molecule has 0 aromatic heterocycles. The van der Waals surface area contributed by atoms with E-state index in [2.05, 4.69) is 10.7 Å². The first kappa shape index (κ1) is 24.2. The minimum Gasteiger partial charge on any atom is -0.493 e. The van der Waals surface area contributed by atoms with Crippen molar-refractivity contribution in [1.29, 1.82) is 0 Å². The molecule has 1 aliphatic heterocycles. The van der Waals surface area contributed by atoms with Crippen molar-refractivity contribution in [3.05, 3.63) is 56.9 Å². The van der Waals surface area contributed by atoms with Gasteiger partial charge in [-0.2, -0.15) is 5.01 Å². The molecule has 1 aliphatic rings. The van der Waals surface area contributed by atoms with E-state index in [1.54, 1.807) is 37.5 Å². The molecule has 1 heterocycles. The number of carbonyl (C=O) groups excluding carboxylic acids is 2. The van der Waals surface area contributed by atoms with Crippen LogP contribution >= 0.6 is 47.2 Å². The second-order valence-corrected chi connectivity index (χ2v) is 8.96. The molecule has 2 aromatic carbocycles. The van der Waals surface area contributed by atoms with Gasteiger partial charge in [0.2, 0.25) is 0 Å². The highest BCUT2D eigenvalue weighted by molar-refractivity contribution is 8.26. The normalized spacial score (nSPS) is 14.6. The van der Waals surface area contributed by atoms with Crippen molar-refractivity contribution in [2.75, 3.05) is 19.0 Å². The number of thioether (sulfide) groups is 1. The zero-order chi connectivity index (χ0) is 23.3. The van der Waals surface area contributed by atoms with Gasteiger partial charge in [-0.1, -0.05) is 48.0 Å². The van der Waals surface area contributed by atoms with Crippen LogP contribution in [0.15, 0.2) is 41.3 Å². The van der Waals surface area contributed by atoms with E-state index in [0.29, 0.717) is 38.7 Å². The van der Waals surface area contributed by atoms with Crippen LogP contribution < -0.4 is 20.2 Å². The summed E-state index contributed by atoms with van der Waals surface area (Å²) in [7, 11) is 1.55. The molecular weight excluding hydrogens is 493 g/mol. The van der Waals surface area contributed by atoms with E-state index >= 15 is 0 Å². The third-order valence-corrected chi connectivity index (χ3v) is 6.17. The number of benzene rings is 2. The molecule has 3 amide bonds. The van der Waals surface area contributed by atoms with Crippen LogP contribution in [0.1, 0.15) is 18.9 Å². The fraction of sp³-hybridized carbons (Fsp3) is 0.190. The van der Waals surface area contributed by atoms with Gasteiger partial charge in [0.1, 0.15) is 0 Å². The number of rotatable bonds is 7. The molecule has 7 nitrogen and oxygen atoms in total. The smallest absolute Gasteiger partial charge is 0.338 e. The third kappa shape index (κ3) is 5.86. The number of hydrogen-bond acceptors (Lipinski definition) is 6. The number of hydrazine groups is 1. The van der Waals surface area contributed by atoms with Gasteiger partial charge in [0, 0.05) is 5.69 Å². The monoisotopic (exact) mass is 511 g/mol. The second-order valence-electron chi connectivity index (χ2n) is 6.47. The highest BCUT2D eigenvalue weighted by Crippen LogP contribution is 2.34. The van der Waals surface area contributed by atoms with Crippen LogP contribution in [0, 0.1) is 0 Å². The van der Waals surface area contributed by atoms with Gasteiger partial charge < -0.3 is 14.8 Å². The second kappa shape index (κ2) is 10.9. The summed E-state index contributed by atoms with van der Waals surface area (Å²) in [5.74, 6) is 0.732. The maximum Gasteiger partial charge on any atom is 0.338 e. The van der Waals surface area contributed by atoms with Gasteiger partial charge in [-0.05, 0) is 60.6 Å². The predicted molar refractivity (Wildman–Crippen MR) is 132 cm³/mol. The fourth-order valence-corrected chi connectivity index (χ4v) is 4.13. The molecule has 0 spiro atoms. The molecule has 0 radical (unpaired) electrons. The quantitative estimate of drug-likeness (QED) is 0.365. The van der Waals surface area contributed by atoms with Crippen LogP contribution in [-0.4, -0.2) is 35.0 Å². The van der Waals surface area contributed by atoms with Gasteiger partial charge in [-0.25, -0.2) is 10.2 Å². The Labute approximate surface area is 205 Å². The first-order chi connectivity index (χ1) is 15.3. The number of nitrogens with zero attached hydrogens (tertiary/aromatic N) is 1. The van der Waals surface area contributed by atoms with Crippen molar-refractivity contribution in [3.8, 4) is 11.5 Å². The molecule has 0 bridgehead atoms. The van der Waals surface area contributed by atoms with E-state index in [-0.39, 0.29) is 4.32 Å². The third-order valence-electron chi connectivity index (χ3n) is 4.13. The Morgan fingerprint density at radius 1 is 1.19 bits per heavy atom. The predicted octanol–water partition coefficient (Wildman–Crippen LogP) is 5.73. The standard InChI is InChI=1S/C21H19Cl2N3O4S2/c1-3-8-30-16-7-4-12(9-17(16)29-2)10-18-19(27)26(21(31)32-18)25-20(28)24-13-5-6-14(22)15(23)11-13/h4-7,9-11H,3,8H2,1-2H3,(H2,24,25,28)/b18-10-. The SMILES string of the molecule is CCCOc1ccc(/C=C2\SC(=S)N(NC(=O)Nc3ccc(Cl)c(Cl)c3)C2=O)cc1OC. The van der Waals surface area contributed by atoms with E-state index in [4.69, 9.17) is 44.9 Å². The Hall–Kier alpha value is -2.46. The summed E-state index contributed by atoms with van der Waals surface area (Å²) in [4.78, 5) is 25.5. The van der Waals surface area contributed by atoms with E-state index in [0.717, 1.165) is 28.8 Å². The number of hydrogen-bond donors (Lipinski definition) is 2. The molecule has 11 heteroatoms. The topological polar surface area (TPSA) is 79.9 Å². The van der Waals surface area contributed by atoms with Crippen LogP contribution in [0.2, 0.25) is 10.0 Å². The van der Waals surface area contributed by atoms with E-state index in [9.17, 15) is 9.59 Å². The number of nitrogens with one attached hydrogen (secondary N) is 2. The summed E-state index contributed by atoms with van der Waals surface area (Å²) in [5, 5.41) is 4.24. The summed E-state index contributed by atoms with van der Waals surface area (Å²) in [5.41, 5.74) is 3.58. The molecule has 2 N–H and O–H groups in total. The number of methoxy groups -OCH3 is 1. The highest BCUT2D eigenvalue weighted by atomic mass is 35.5. The van der Waals surface area contributed by atoms with Crippen molar-refractivity contribution in [2.24, 2.45) is 0 Å². The lowest BCUT2D eigenvalue weighted by molar-refractivity contribution is -0.123. The average molecular weight is 512 g/mol. The van der Waals surface area contributed by atoms with Crippen LogP contribution in [-0.2, 0) is 4.79 Å². The van der Waals surface area contributed by atoms with Gasteiger partial charge in [-0.3, -0.25) is 4.79 Å². The Morgan fingerprint density at radius 3 is 2.66 bits per heavy atom. The molecule has 0 unspecified atom stereocenters.